The van der Waals surface area contributed by atoms with E-state index in [0.29, 0.717) is 16.8 Å². The number of amides is 1. The Bertz CT molecular complexity index is 1040. The predicted molar refractivity (Wildman–Crippen MR) is 100 cm³/mol. The molecule has 0 atom stereocenters. The second-order valence-corrected chi connectivity index (χ2v) is 7.90. The van der Waals surface area contributed by atoms with Crippen molar-refractivity contribution in [2.45, 2.75) is 52.4 Å². The molecule has 0 aliphatic heterocycles. The van der Waals surface area contributed by atoms with E-state index in [4.69, 9.17) is 0 Å². The molecule has 0 bridgehead atoms. The highest BCUT2D eigenvalue weighted by atomic mass is 19.4. The number of halogens is 3. The summed E-state index contributed by atoms with van der Waals surface area (Å²) < 4.78 is 43.2. The summed E-state index contributed by atoms with van der Waals surface area (Å²) in [6.45, 7) is 8.19. The lowest BCUT2D eigenvalue weighted by atomic mass is 9.91. The largest absolute Gasteiger partial charge is 0.433 e. The molecule has 0 spiro atoms. The molecule has 0 aliphatic carbocycles. The molecule has 7 nitrogen and oxygen atoms in total. The van der Waals surface area contributed by atoms with Crippen LogP contribution in [0.25, 0.3) is 5.65 Å². The third-order valence-corrected chi connectivity index (χ3v) is 4.47. The van der Waals surface area contributed by atoms with Gasteiger partial charge in [-0.3, -0.25) is 9.48 Å². The van der Waals surface area contributed by atoms with Crippen molar-refractivity contribution in [3.05, 3.63) is 47.2 Å². The Hall–Kier alpha value is -2.91. The second kappa shape index (κ2) is 7.16. The van der Waals surface area contributed by atoms with Crippen molar-refractivity contribution < 1.29 is 18.0 Å². The highest BCUT2D eigenvalue weighted by Gasteiger charge is 2.36. The van der Waals surface area contributed by atoms with E-state index < -0.39 is 23.2 Å². The number of rotatable bonds is 4. The summed E-state index contributed by atoms with van der Waals surface area (Å²) in [5.74, 6) is -0.507. The van der Waals surface area contributed by atoms with Gasteiger partial charge >= 0.3 is 6.18 Å². The van der Waals surface area contributed by atoms with Crippen molar-refractivity contribution in [2.24, 2.45) is 0 Å². The van der Waals surface area contributed by atoms with E-state index in [0.717, 1.165) is 6.07 Å². The summed E-state index contributed by atoms with van der Waals surface area (Å²) in [5.41, 5.74) is -0.727. The van der Waals surface area contributed by atoms with Gasteiger partial charge in [-0.2, -0.15) is 23.4 Å². The maximum absolute atomic E-state index is 13.6. The van der Waals surface area contributed by atoms with Gasteiger partial charge in [-0.25, -0.2) is 9.50 Å². The molecule has 0 saturated heterocycles. The molecule has 0 fully saturated rings. The first-order chi connectivity index (χ1) is 13.4. The summed E-state index contributed by atoms with van der Waals surface area (Å²) in [4.78, 5) is 18.4. The van der Waals surface area contributed by atoms with Crippen LogP contribution >= 0.6 is 0 Å². The van der Waals surface area contributed by atoms with E-state index in [2.05, 4.69) is 15.2 Å². The molecule has 3 rings (SSSR count). The zero-order valence-electron chi connectivity index (χ0n) is 16.9. The van der Waals surface area contributed by atoms with Crippen molar-refractivity contribution in [3.8, 4) is 0 Å². The van der Waals surface area contributed by atoms with E-state index in [9.17, 15) is 18.0 Å². The SMILES string of the molecule is CCn1ccc(CN(C)C(=O)c2cc3nc(C(C)(C)C)cc(C(F)(F)F)n3n2)n1. The van der Waals surface area contributed by atoms with Crippen LogP contribution < -0.4 is 0 Å². The molecule has 29 heavy (non-hydrogen) atoms. The van der Waals surface area contributed by atoms with Gasteiger partial charge in [0, 0.05) is 31.3 Å². The number of fused-ring (bicyclic) bond motifs is 1. The molecule has 3 heterocycles. The third kappa shape index (κ3) is 4.25. The zero-order chi connectivity index (χ0) is 21.6. The van der Waals surface area contributed by atoms with Crippen molar-refractivity contribution >= 4 is 11.6 Å². The van der Waals surface area contributed by atoms with E-state index in [1.54, 1.807) is 44.8 Å². The minimum Gasteiger partial charge on any atom is -0.334 e. The zero-order valence-corrected chi connectivity index (χ0v) is 16.9. The van der Waals surface area contributed by atoms with Crippen LogP contribution in [-0.2, 0) is 24.7 Å². The van der Waals surface area contributed by atoms with Crippen LogP contribution in [-0.4, -0.2) is 42.2 Å². The van der Waals surface area contributed by atoms with Gasteiger partial charge < -0.3 is 4.90 Å². The minimum atomic E-state index is -4.63. The highest BCUT2D eigenvalue weighted by molar-refractivity contribution is 5.93. The van der Waals surface area contributed by atoms with Gasteiger partial charge in [0.15, 0.2) is 11.3 Å². The Morgan fingerprint density at radius 1 is 1.17 bits per heavy atom. The fraction of sp³-hybridized carbons (Fsp3) is 0.474. The molecule has 10 heteroatoms. The van der Waals surface area contributed by atoms with Crippen LogP contribution in [0.5, 0.6) is 0 Å². The molecule has 0 radical (unpaired) electrons. The number of carbonyl (C=O) groups excluding carboxylic acids is 1. The first kappa shape index (κ1) is 20.8. The number of hydrogen-bond acceptors (Lipinski definition) is 4. The van der Waals surface area contributed by atoms with Crippen LogP contribution in [0.15, 0.2) is 24.4 Å². The lowest BCUT2D eigenvalue weighted by Gasteiger charge is -2.19. The minimum absolute atomic E-state index is 0.0169. The summed E-state index contributed by atoms with van der Waals surface area (Å²) in [7, 11) is 1.55. The molecule has 156 valence electrons. The molecule has 0 unspecified atom stereocenters. The Labute approximate surface area is 166 Å². The average molecular weight is 408 g/mol. The first-order valence-corrected chi connectivity index (χ1v) is 9.16. The normalized spacial score (nSPS) is 12.6. The fourth-order valence-corrected chi connectivity index (χ4v) is 2.84. The Balaban J connectivity index is 1.98. The van der Waals surface area contributed by atoms with Crippen LogP contribution in [0.3, 0.4) is 0 Å². The first-order valence-electron chi connectivity index (χ1n) is 9.16. The van der Waals surface area contributed by atoms with Gasteiger partial charge in [0.1, 0.15) is 5.69 Å². The standard InChI is InChI=1S/C19H23F3N6O/c1-6-27-8-7-12(24-27)11-26(5)17(29)13-9-16-23-14(18(2,3)4)10-15(19(20,21)22)28(16)25-13/h7-10H,6,11H2,1-5H3. The van der Waals surface area contributed by atoms with Crippen molar-refractivity contribution in [3.63, 3.8) is 0 Å². The summed E-state index contributed by atoms with van der Waals surface area (Å²) in [5, 5.41) is 8.21. The molecule has 3 aromatic heterocycles. The number of aromatic nitrogens is 5. The molecule has 0 aromatic carbocycles. The van der Waals surface area contributed by atoms with Crippen molar-refractivity contribution in [1.82, 2.24) is 29.3 Å². The lowest BCUT2D eigenvalue weighted by Crippen LogP contribution is -2.27. The lowest BCUT2D eigenvalue weighted by molar-refractivity contribution is -0.142. The fourth-order valence-electron chi connectivity index (χ4n) is 2.84. The number of alkyl halides is 3. The molecule has 3 aromatic rings. The van der Waals surface area contributed by atoms with Gasteiger partial charge in [-0.15, -0.1) is 0 Å². The van der Waals surface area contributed by atoms with Crippen LogP contribution in [0.2, 0.25) is 0 Å². The van der Waals surface area contributed by atoms with Crippen LogP contribution in [0.4, 0.5) is 13.2 Å². The third-order valence-electron chi connectivity index (χ3n) is 4.47. The molecular formula is C19H23F3N6O. The van der Waals surface area contributed by atoms with Gasteiger partial charge in [0.05, 0.1) is 17.9 Å². The van der Waals surface area contributed by atoms with E-state index >= 15 is 0 Å². The van der Waals surface area contributed by atoms with E-state index in [1.807, 2.05) is 6.92 Å². The average Bonchev–Trinajstić information content (AvgIpc) is 3.24. The molecular weight excluding hydrogens is 385 g/mol. The van der Waals surface area contributed by atoms with Crippen molar-refractivity contribution in [2.75, 3.05) is 7.05 Å². The van der Waals surface area contributed by atoms with Crippen molar-refractivity contribution in [1.29, 1.82) is 0 Å². The molecule has 0 aliphatic rings. The summed E-state index contributed by atoms with van der Waals surface area (Å²) in [6.07, 6.45) is -2.83. The Kier molecular flexibility index (Phi) is 5.14. The monoisotopic (exact) mass is 408 g/mol. The van der Waals surface area contributed by atoms with E-state index in [1.165, 1.54) is 11.0 Å². The predicted octanol–water partition coefficient (Wildman–Crippen LogP) is 3.53. The van der Waals surface area contributed by atoms with Gasteiger partial charge in [0.2, 0.25) is 0 Å². The number of carbonyl (C=O) groups is 1. The molecule has 1 amide bonds. The smallest absolute Gasteiger partial charge is 0.334 e. The Morgan fingerprint density at radius 3 is 2.41 bits per heavy atom. The maximum Gasteiger partial charge on any atom is 0.433 e. The summed E-state index contributed by atoms with van der Waals surface area (Å²) in [6, 6.07) is 4.05. The van der Waals surface area contributed by atoms with Crippen LogP contribution in [0, 0.1) is 0 Å². The van der Waals surface area contributed by atoms with Gasteiger partial charge in [-0.1, -0.05) is 20.8 Å². The number of aryl methyl sites for hydroxylation is 1. The van der Waals surface area contributed by atoms with E-state index in [-0.39, 0.29) is 23.6 Å². The highest BCUT2D eigenvalue weighted by Crippen LogP contribution is 2.32. The quantitative estimate of drug-likeness (QED) is 0.662. The summed E-state index contributed by atoms with van der Waals surface area (Å²) >= 11 is 0. The van der Waals surface area contributed by atoms with Crippen LogP contribution in [0.1, 0.15) is 55.3 Å². The topological polar surface area (TPSA) is 68.3 Å². The van der Waals surface area contributed by atoms with Gasteiger partial charge in [0.25, 0.3) is 5.91 Å². The maximum atomic E-state index is 13.6. The molecule has 0 N–H and O–H groups in total. The Morgan fingerprint density at radius 2 is 1.86 bits per heavy atom. The molecule has 0 saturated carbocycles. The number of hydrogen-bond donors (Lipinski definition) is 0. The second-order valence-electron chi connectivity index (χ2n) is 7.90. The van der Waals surface area contributed by atoms with Gasteiger partial charge in [-0.05, 0) is 19.1 Å². The number of nitrogens with zero attached hydrogens (tertiary/aromatic N) is 6.